The van der Waals surface area contributed by atoms with Gasteiger partial charge in [0, 0.05) is 18.2 Å². The Kier molecular flexibility index (Phi) is 6.76. The third-order valence-electron chi connectivity index (χ3n) is 5.94. The maximum absolute atomic E-state index is 14.6. The Hall–Kier alpha value is -4.39. The molecular weight excluding hydrogens is 512 g/mol. The lowest BCUT2D eigenvalue weighted by Gasteiger charge is -2.46. The first kappa shape index (κ1) is 26.2. The fraction of sp³-hybridized carbons (Fsp3) is 0.346. The average molecular weight is 540 g/mol. The maximum Gasteiger partial charge on any atom is 0.410 e. The molecule has 1 aliphatic heterocycles. The first-order valence-electron chi connectivity index (χ1n) is 12.2. The largest absolute Gasteiger partial charge is 0.444 e. The van der Waals surface area contributed by atoms with Gasteiger partial charge in [-0.05, 0) is 32.9 Å². The van der Waals surface area contributed by atoms with Crippen LogP contribution in [0.1, 0.15) is 26.3 Å². The van der Waals surface area contributed by atoms with Crippen molar-refractivity contribution in [3.05, 3.63) is 66.1 Å². The summed E-state index contributed by atoms with van der Waals surface area (Å²) in [7, 11) is 0. The summed E-state index contributed by atoms with van der Waals surface area (Å²) in [5.41, 5.74) is -0.239. The van der Waals surface area contributed by atoms with E-state index in [2.05, 4.69) is 25.5 Å². The van der Waals surface area contributed by atoms with E-state index < -0.39 is 23.1 Å². The summed E-state index contributed by atoms with van der Waals surface area (Å²) < 4.78 is 40.7. The number of hydrogen-bond donors (Lipinski definition) is 2. The molecule has 1 amide bonds. The highest BCUT2D eigenvalue weighted by molar-refractivity contribution is 5.70. The smallest absolute Gasteiger partial charge is 0.410 e. The number of hydrogen-bond acceptors (Lipinski definition) is 9. The summed E-state index contributed by atoms with van der Waals surface area (Å²) in [6.07, 6.45) is 1.87. The summed E-state index contributed by atoms with van der Waals surface area (Å²) in [4.78, 5) is 21.8. The molecule has 0 unspecified atom stereocenters. The average Bonchev–Trinajstić information content (AvgIpc) is 3.52. The molecule has 4 heterocycles. The third kappa shape index (κ3) is 5.87. The van der Waals surface area contributed by atoms with Crippen LogP contribution in [0.4, 0.5) is 19.4 Å². The molecule has 4 aromatic rings. The molecule has 13 heteroatoms. The number of β-amino-alcohol motifs (C(OH)–C–C–N with tert-alkyl or cyclic N) is 1. The van der Waals surface area contributed by atoms with E-state index >= 15 is 0 Å². The molecule has 2 N–H and O–H groups in total. The number of anilines is 1. The predicted molar refractivity (Wildman–Crippen MR) is 135 cm³/mol. The van der Waals surface area contributed by atoms with Gasteiger partial charge in [-0.3, -0.25) is 4.68 Å². The van der Waals surface area contributed by atoms with Crippen LogP contribution in [0, 0.1) is 11.6 Å². The number of amides is 1. The van der Waals surface area contributed by atoms with E-state index in [1.54, 1.807) is 51.1 Å². The molecule has 1 aromatic carbocycles. The lowest BCUT2D eigenvalue weighted by Crippen LogP contribution is -2.66. The number of nitrogens with one attached hydrogen (secondary N) is 1. The van der Waals surface area contributed by atoms with E-state index in [1.165, 1.54) is 21.9 Å². The van der Waals surface area contributed by atoms with Crippen LogP contribution in [0.3, 0.4) is 0 Å². The van der Waals surface area contributed by atoms with Gasteiger partial charge in [-0.2, -0.15) is 5.10 Å². The number of carbonyl (C=O) groups excluding carboxylic acids is 1. The summed E-state index contributed by atoms with van der Waals surface area (Å²) in [6, 6.07) is 9.61. The van der Waals surface area contributed by atoms with Gasteiger partial charge in [0.25, 0.3) is 0 Å². The standard InChI is InChI=1S/C26H27F2N7O4/c1-25(2,3)39-24(36)34-14-26(37,15-34)13-30-22-18(28)11-29-23(31-22)20-10-21(19-8-9-38-33-19)35(32-20)12-16-6-4-5-7-17(16)27/h4-11,37H,12-15H2,1-3H3,(H,29,30,31). The Labute approximate surface area is 222 Å². The molecule has 0 saturated carbocycles. The normalized spacial score (nSPS) is 14.7. The number of nitrogens with zero attached hydrogens (tertiary/aromatic N) is 6. The van der Waals surface area contributed by atoms with E-state index in [9.17, 15) is 18.7 Å². The molecule has 1 fully saturated rings. The van der Waals surface area contributed by atoms with Crippen molar-refractivity contribution in [1.29, 1.82) is 0 Å². The topological polar surface area (TPSA) is 131 Å². The molecule has 3 aromatic heterocycles. The van der Waals surface area contributed by atoms with Crippen LogP contribution in [0.25, 0.3) is 22.9 Å². The van der Waals surface area contributed by atoms with Crippen molar-refractivity contribution in [2.75, 3.05) is 25.0 Å². The van der Waals surface area contributed by atoms with Gasteiger partial charge in [-0.1, -0.05) is 23.4 Å². The van der Waals surface area contributed by atoms with Crippen molar-refractivity contribution in [2.24, 2.45) is 0 Å². The van der Waals surface area contributed by atoms with E-state index in [0.29, 0.717) is 22.6 Å². The predicted octanol–water partition coefficient (Wildman–Crippen LogP) is 3.72. The molecule has 204 valence electrons. The molecule has 39 heavy (non-hydrogen) atoms. The SMILES string of the molecule is CC(C)(C)OC(=O)N1CC(O)(CNc2nc(-c3cc(-c4ccon4)n(Cc4ccccc4F)n3)ncc2F)C1. The van der Waals surface area contributed by atoms with Crippen LogP contribution in [0.5, 0.6) is 0 Å². The Morgan fingerprint density at radius 2 is 1.95 bits per heavy atom. The molecule has 5 rings (SSSR count). The minimum Gasteiger partial charge on any atom is -0.444 e. The van der Waals surface area contributed by atoms with Crippen LogP contribution >= 0.6 is 0 Å². The van der Waals surface area contributed by atoms with Gasteiger partial charge < -0.3 is 24.6 Å². The van der Waals surface area contributed by atoms with Crippen molar-refractivity contribution in [1.82, 2.24) is 29.8 Å². The van der Waals surface area contributed by atoms with Crippen LogP contribution < -0.4 is 5.32 Å². The number of aliphatic hydroxyl groups is 1. The third-order valence-corrected chi connectivity index (χ3v) is 5.94. The van der Waals surface area contributed by atoms with E-state index in [4.69, 9.17) is 9.26 Å². The maximum atomic E-state index is 14.6. The number of ether oxygens (including phenoxy) is 1. The molecule has 11 nitrogen and oxygen atoms in total. The number of likely N-dealkylation sites (tertiary alicyclic amines) is 1. The molecule has 0 radical (unpaired) electrons. The Balaban J connectivity index is 1.33. The van der Waals surface area contributed by atoms with E-state index in [1.807, 2.05) is 0 Å². The number of halogens is 2. The zero-order valence-electron chi connectivity index (χ0n) is 21.6. The first-order valence-corrected chi connectivity index (χ1v) is 12.2. The number of carbonyl (C=O) groups is 1. The monoisotopic (exact) mass is 539 g/mol. The molecule has 0 spiro atoms. The highest BCUT2D eigenvalue weighted by atomic mass is 19.1. The molecule has 0 atom stereocenters. The first-order chi connectivity index (χ1) is 18.5. The van der Waals surface area contributed by atoms with Gasteiger partial charge >= 0.3 is 6.09 Å². The molecule has 1 aliphatic rings. The zero-order chi connectivity index (χ0) is 27.8. The van der Waals surface area contributed by atoms with Crippen molar-refractivity contribution >= 4 is 11.9 Å². The van der Waals surface area contributed by atoms with E-state index in [-0.39, 0.29) is 43.6 Å². The lowest BCUT2D eigenvalue weighted by molar-refractivity contribution is -0.0895. The van der Waals surface area contributed by atoms with E-state index in [0.717, 1.165) is 6.20 Å². The van der Waals surface area contributed by atoms with Crippen LogP contribution in [-0.4, -0.2) is 71.8 Å². The zero-order valence-corrected chi connectivity index (χ0v) is 21.6. The summed E-state index contributed by atoms with van der Waals surface area (Å²) in [6.45, 7) is 5.35. The highest BCUT2D eigenvalue weighted by Gasteiger charge is 2.45. The summed E-state index contributed by atoms with van der Waals surface area (Å²) >= 11 is 0. The summed E-state index contributed by atoms with van der Waals surface area (Å²) in [5, 5.41) is 22.0. The van der Waals surface area contributed by atoms with Crippen LogP contribution in [0.15, 0.2) is 53.4 Å². The van der Waals surface area contributed by atoms with Gasteiger partial charge in [0.1, 0.15) is 34.7 Å². The van der Waals surface area contributed by atoms with Crippen molar-refractivity contribution in [2.45, 2.75) is 38.5 Å². The second-order valence-electron chi connectivity index (χ2n) is 10.4. The Morgan fingerprint density at radius 3 is 2.64 bits per heavy atom. The van der Waals surface area contributed by atoms with Crippen molar-refractivity contribution in [3.8, 4) is 22.9 Å². The number of benzene rings is 1. The van der Waals surface area contributed by atoms with Gasteiger partial charge in [-0.25, -0.2) is 23.5 Å². The quantitative estimate of drug-likeness (QED) is 0.361. The van der Waals surface area contributed by atoms with Crippen molar-refractivity contribution in [3.63, 3.8) is 0 Å². The fourth-order valence-electron chi connectivity index (χ4n) is 4.08. The van der Waals surface area contributed by atoms with Crippen LogP contribution in [-0.2, 0) is 11.3 Å². The molecule has 1 saturated heterocycles. The number of aromatic nitrogens is 5. The minimum atomic E-state index is -1.28. The van der Waals surface area contributed by atoms with Crippen molar-refractivity contribution < 1.29 is 27.9 Å². The fourth-order valence-corrected chi connectivity index (χ4v) is 4.08. The molecular formula is C26H27F2N7O4. The minimum absolute atomic E-state index is 0.0238. The second-order valence-corrected chi connectivity index (χ2v) is 10.4. The lowest BCUT2D eigenvalue weighted by atomic mass is 9.95. The summed E-state index contributed by atoms with van der Waals surface area (Å²) in [5.74, 6) is -1.15. The molecule has 0 aliphatic carbocycles. The van der Waals surface area contributed by atoms with Gasteiger partial charge in [0.2, 0.25) is 0 Å². The number of rotatable bonds is 7. The Bertz CT molecular complexity index is 1480. The van der Waals surface area contributed by atoms with Crippen LogP contribution in [0.2, 0.25) is 0 Å². The van der Waals surface area contributed by atoms with Gasteiger partial charge in [-0.15, -0.1) is 0 Å². The highest BCUT2D eigenvalue weighted by Crippen LogP contribution is 2.27. The second kappa shape index (κ2) is 10.1. The molecule has 0 bridgehead atoms. The van der Waals surface area contributed by atoms with Gasteiger partial charge in [0.15, 0.2) is 17.5 Å². The van der Waals surface area contributed by atoms with Gasteiger partial charge in [0.05, 0.1) is 31.5 Å². The Morgan fingerprint density at radius 1 is 1.18 bits per heavy atom.